The van der Waals surface area contributed by atoms with Crippen LogP contribution in [0, 0.1) is 6.92 Å². The number of nitrogens with one attached hydrogen (secondary N) is 2. The zero-order valence-electron chi connectivity index (χ0n) is 17.1. The third kappa shape index (κ3) is 3.77. The molecule has 1 saturated carbocycles. The molecule has 158 valence electrons. The van der Waals surface area contributed by atoms with Crippen molar-refractivity contribution in [1.82, 2.24) is 19.6 Å². The van der Waals surface area contributed by atoms with Gasteiger partial charge in [-0.3, -0.25) is 0 Å². The first-order chi connectivity index (χ1) is 15.0. The van der Waals surface area contributed by atoms with Crippen LogP contribution >= 0.6 is 11.6 Å². The summed E-state index contributed by atoms with van der Waals surface area (Å²) in [6.07, 6.45) is 3.56. The SMILES string of the molecule is Cc1cc(NCC2(c3ccccc3)CCC2)n2nc(Nc3cc(Cl)ccc3O)nc2n1. The fourth-order valence-corrected chi connectivity index (χ4v) is 4.29. The molecule has 0 saturated heterocycles. The fourth-order valence-electron chi connectivity index (χ4n) is 4.12. The van der Waals surface area contributed by atoms with Gasteiger partial charge in [-0.05, 0) is 43.5 Å². The number of rotatable bonds is 6. The molecular weight excluding hydrogens is 412 g/mol. The number of phenolic OH excluding ortho intramolecular Hbond substituents is 1. The molecule has 0 amide bonds. The van der Waals surface area contributed by atoms with Crippen LogP contribution in [0.15, 0.2) is 54.6 Å². The van der Waals surface area contributed by atoms with E-state index in [1.165, 1.54) is 18.1 Å². The van der Waals surface area contributed by atoms with Gasteiger partial charge in [0.1, 0.15) is 11.6 Å². The van der Waals surface area contributed by atoms with Gasteiger partial charge in [0, 0.05) is 28.7 Å². The molecular formula is C23H23ClN6O. The average molecular weight is 435 g/mol. The van der Waals surface area contributed by atoms with Gasteiger partial charge in [-0.1, -0.05) is 48.4 Å². The predicted molar refractivity (Wildman–Crippen MR) is 122 cm³/mol. The summed E-state index contributed by atoms with van der Waals surface area (Å²) in [5.74, 6) is 1.72. The number of nitrogens with zero attached hydrogens (tertiary/aromatic N) is 4. The molecule has 4 aromatic rings. The molecule has 0 bridgehead atoms. The van der Waals surface area contributed by atoms with E-state index in [1.807, 2.05) is 13.0 Å². The highest BCUT2D eigenvalue weighted by atomic mass is 35.5. The van der Waals surface area contributed by atoms with E-state index in [-0.39, 0.29) is 11.2 Å². The largest absolute Gasteiger partial charge is 0.506 e. The number of fused-ring (bicyclic) bond motifs is 1. The number of anilines is 3. The summed E-state index contributed by atoms with van der Waals surface area (Å²) in [7, 11) is 0. The third-order valence-electron chi connectivity index (χ3n) is 5.95. The predicted octanol–water partition coefficient (Wildman–Crippen LogP) is 5.07. The summed E-state index contributed by atoms with van der Waals surface area (Å²) in [6, 6.07) is 17.4. The van der Waals surface area contributed by atoms with Crippen molar-refractivity contribution in [3.63, 3.8) is 0 Å². The molecule has 0 radical (unpaired) electrons. The minimum atomic E-state index is 0.0699. The van der Waals surface area contributed by atoms with E-state index in [2.05, 4.69) is 56.0 Å². The first-order valence-corrected chi connectivity index (χ1v) is 10.7. The normalized spacial score (nSPS) is 14.9. The van der Waals surface area contributed by atoms with Crippen LogP contribution in [-0.4, -0.2) is 31.2 Å². The molecule has 2 heterocycles. The number of aryl methyl sites for hydroxylation is 1. The van der Waals surface area contributed by atoms with Gasteiger partial charge in [0.2, 0.25) is 5.95 Å². The van der Waals surface area contributed by atoms with Crippen molar-refractivity contribution in [1.29, 1.82) is 0 Å². The van der Waals surface area contributed by atoms with Crippen molar-refractivity contribution in [2.75, 3.05) is 17.2 Å². The number of aromatic hydroxyl groups is 1. The molecule has 3 N–H and O–H groups in total. The second-order valence-electron chi connectivity index (χ2n) is 8.07. The lowest BCUT2D eigenvalue weighted by atomic mass is 9.64. The van der Waals surface area contributed by atoms with E-state index in [0.29, 0.717) is 22.4 Å². The Balaban J connectivity index is 1.43. The standard InChI is InChI=1S/C23H23ClN6O/c1-15-12-20(25-14-23(10-5-11-23)16-6-3-2-4-7-16)30-22(26-15)28-21(29-30)27-18-13-17(24)8-9-19(18)31/h2-4,6-9,12-13,25,31H,5,10-11,14H2,1H3,(H,27,29). The van der Waals surface area contributed by atoms with Crippen LogP contribution in [0.1, 0.15) is 30.5 Å². The maximum Gasteiger partial charge on any atom is 0.256 e. The lowest BCUT2D eigenvalue weighted by molar-refractivity contribution is 0.260. The van der Waals surface area contributed by atoms with Crippen LogP contribution < -0.4 is 10.6 Å². The first-order valence-electron chi connectivity index (χ1n) is 10.3. The van der Waals surface area contributed by atoms with Gasteiger partial charge in [-0.2, -0.15) is 9.50 Å². The first kappa shape index (κ1) is 19.6. The number of phenols is 1. The summed E-state index contributed by atoms with van der Waals surface area (Å²) < 4.78 is 1.69. The number of hydrogen-bond donors (Lipinski definition) is 3. The summed E-state index contributed by atoms with van der Waals surface area (Å²) in [5, 5.41) is 21.7. The maximum atomic E-state index is 10.1. The van der Waals surface area contributed by atoms with Crippen molar-refractivity contribution in [2.24, 2.45) is 0 Å². The molecule has 1 fully saturated rings. The molecule has 0 atom stereocenters. The second kappa shape index (κ2) is 7.74. The van der Waals surface area contributed by atoms with Gasteiger partial charge >= 0.3 is 0 Å². The molecule has 0 unspecified atom stereocenters. The summed E-state index contributed by atoms with van der Waals surface area (Å²) >= 11 is 6.04. The molecule has 2 aromatic carbocycles. The molecule has 2 aromatic heterocycles. The minimum Gasteiger partial charge on any atom is -0.506 e. The van der Waals surface area contributed by atoms with Crippen molar-refractivity contribution in [2.45, 2.75) is 31.6 Å². The van der Waals surface area contributed by atoms with E-state index in [1.54, 1.807) is 16.6 Å². The summed E-state index contributed by atoms with van der Waals surface area (Å²) in [5.41, 5.74) is 2.79. The topological polar surface area (TPSA) is 87.4 Å². The highest BCUT2D eigenvalue weighted by molar-refractivity contribution is 6.30. The van der Waals surface area contributed by atoms with Crippen LogP contribution in [0.2, 0.25) is 5.02 Å². The van der Waals surface area contributed by atoms with E-state index in [4.69, 9.17) is 11.6 Å². The smallest absolute Gasteiger partial charge is 0.256 e. The van der Waals surface area contributed by atoms with Gasteiger partial charge in [-0.25, -0.2) is 4.98 Å². The lowest BCUT2D eigenvalue weighted by Gasteiger charge is -2.42. The van der Waals surface area contributed by atoms with Crippen LogP contribution in [0.5, 0.6) is 5.75 Å². The molecule has 31 heavy (non-hydrogen) atoms. The van der Waals surface area contributed by atoms with Gasteiger partial charge in [0.25, 0.3) is 5.78 Å². The number of hydrogen-bond acceptors (Lipinski definition) is 6. The number of benzene rings is 2. The van der Waals surface area contributed by atoms with Crippen molar-refractivity contribution in [3.05, 3.63) is 70.9 Å². The zero-order chi connectivity index (χ0) is 21.4. The quantitative estimate of drug-likeness (QED) is 0.367. The summed E-state index contributed by atoms with van der Waals surface area (Å²) in [6.45, 7) is 2.75. The van der Waals surface area contributed by atoms with E-state index < -0.39 is 0 Å². The van der Waals surface area contributed by atoms with Crippen LogP contribution in [0.25, 0.3) is 5.78 Å². The molecule has 1 aliphatic carbocycles. The fraction of sp³-hybridized carbons (Fsp3) is 0.261. The van der Waals surface area contributed by atoms with Crippen LogP contribution in [-0.2, 0) is 5.41 Å². The highest BCUT2D eigenvalue weighted by Gasteiger charge is 2.38. The van der Waals surface area contributed by atoms with Gasteiger partial charge in [-0.15, -0.1) is 5.10 Å². The van der Waals surface area contributed by atoms with Crippen LogP contribution in [0.3, 0.4) is 0 Å². The molecule has 5 rings (SSSR count). The molecule has 0 aliphatic heterocycles. The molecule has 8 heteroatoms. The Morgan fingerprint density at radius 2 is 1.90 bits per heavy atom. The van der Waals surface area contributed by atoms with E-state index in [0.717, 1.165) is 30.9 Å². The van der Waals surface area contributed by atoms with E-state index in [9.17, 15) is 5.11 Å². The third-order valence-corrected chi connectivity index (χ3v) is 6.19. The Hall–Kier alpha value is -3.32. The van der Waals surface area contributed by atoms with Crippen LogP contribution in [0.4, 0.5) is 17.5 Å². The molecule has 0 spiro atoms. The average Bonchev–Trinajstić information content (AvgIpc) is 3.13. The van der Waals surface area contributed by atoms with E-state index >= 15 is 0 Å². The monoisotopic (exact) mass is 434 g/mol. The number of aromatic nitrogens is 4. The Kier molecular flexibility index (Phi) is 4.90. The Morgan fingerprint density at radius 3 is 2.65 bits per heavy atom. The Bertz CT molecular complexity index is 1240. The zero-order valence-corrected chi connectivity index (χ0v) is 17.9. The van der Waals surface area contributed by atoms with Gasteiger partial charge < -0.3 is 15.7 Å². The lowest BCUT2D eigenvalue weighted by Crippen LogP contribution is -2.41. The van der Waals surface area contributed by atoms with Crippen molar-refractivity contribution >= 4 is 34.8 Å². The van der Waals surface area contributed by atoms with Gasteiger partial charge in [0.05, 0.1) is 5.69 Å². The molecule has 1 aliphatic rings. The Labute approximate surface area is 185 Å². The van der Waals surface area contributed by atoms with Gasteiger partial charge in [0.15, 0.2) is 0 Å². The maximum absolute atomic E-state index is 10.1. The second-order valence-corrected chi connectivity index (χ2v) is 8.51. The summed E-state index contributed by atoms with van der Waals surface area (Å²) in [4.78, 5) is 8.97. The number of halogens is 1. The van der Waals surface area contributed by atoms with Crippen molar-refractivity contribution < 1.29 is 5.11 Å². The van der Waals surface area contributed by atoms with Crippen molar-refractivity contribution in [3.8, 4) is 5.75 Å². The minimum absolute atomic E-state index is 0.0699. The highest BCUT2D eigenvalue weighted by Crippen LogP contribution is 2.43. The molecule has 7 nitrogen and oxygen atoms in total. The Morgan fingerprint density at radius 1 is 1.10 bits per heavy atom.